The fourth-order valence-corrected chi connectivity index (χ4v) is 1.56. The van der Waals surface area contributed by atoms with Gasteiger partial charge in [0.25, 0.3) is 0 Å². The molecule has 0 amide bonds. The Bertz CT molecular complexity index is 618. The Morgan fingerprint density at radius 2 is 1.95 bits per heavy atom. The summed E-state index contributed by atoms with van der Waals surface area (Å²) in [6.45, 7) is 0. The predicted octanol–water partition coefficient (Wildman–Crippen LogP) is 3.52. The van der Waals surface area contributed by atoms with E-state index in [0.717, 1.165) is 6.07 Å². The second kappa shape index (κ2) is 4.98. The van der Waals surface area contributed by atoms with Gasteiger partial charge in [-0.2, -0.15) is 5.26 Å². The summed E-state index contributed by atoms with van der Waals surface area (Å²) in [6, 6.07) is 8.85. The normalized spacial score (nSPS) is 10.8. The molecule has 1 aromatic carbocycles. The van der Waals surface area contributed by atoms with Gasteiger partial charge in [-0.25, -0.2) is 0 Å². The van der Waals surface area contributed by atoms with Gasteiger partial charge < -0.3 is 4.74 Å². The molecule has 0 atom stereocenters. The van der Waals surface area contributed by atoms with Crippen molar-refractivity contribution in [3.05, 3.63) is 48.3 Å². The Hall–Kier alpha value is -2.55. The van der Waals surface area contributed by atoms with Crippen molar-refractivity contribution in [1.82, 2.24) is 4.98 Å². The molecule has 1 aromatic heterocycles. The van der Waals surface area contributed by atoms with Crippen LogP contribution in [0.2, 0.25) is 0 Å². The minimum Gasteiger partial charge on any atom is -0.406 e. The Morgan fingerprint density at radius 1 is 1.16 bits per heavy atom. The number of pyridine rings is 1. The smallest absolute Gasteiger partial charge is 0.406 e. The number of rotatable bonds is 2. The van der Waals surface area contributed by atoms with Crippen LogP contribution in [0.5, 0.6) is 5.75 Å². The van der Waals surface area contributed by atoms with Crippen molar-refractivity contribution < 1.29 is 17.9 Å². The van der Waals surface area contributed by atoms with Gasteiger partial charge in [0.05, 0.1) is 11.6 Å². The number of aromatic nitrogens is 1. The molecular formula is C13H7F3N2O. The highest BCUT2D eigenvalue weighted by molar-refractivity contribution is 5.66. The van der Waals surface area contributed by atoms with Crippen LogP contribution in [0.3, 0.4) is 0 Å². The van der Waals surface area contributed by atoms with Crippen LogP contribution < -0.4 is 4.74 Å². The summed E-state index contributed by atoms with van der Waals surface area (Å²) in [4.78, 5) is 3.87. The molecule has 96 valence electrons. The van der Waals surface area contributed by atoms with Crippen LogP contribution in [0.15, 0.2) is 42.7 Å². The van der Waals surface area contributed by atoms with E-state index in [1.54, 1.807) is 24.4 Å². The lowest BCUT2D eigenvalue weighted by atomic mass is 10.0. The SMILES string of the molecule is N#Cc1cc(OC(F)(F)F)cc(-c2cccnc2)c1. The van der Waals surface area contributed by atoms with Crippen LogP contribution >= 0.6 is 0 Å². The van der Waals surface area contributed by atoms with Gasteiger partial charge in [0.15, 0.2) is 0 Å². The molecule has 1 heterocycles. The van der Waals surface area contributed by atoms with Gasteiger partial charge in [-0.15, -0.1) is 13.2 Å². The standard InChI is InChI=1S/C13H7F3N2O/c14-13(15,16)19-12-5-9(7-17)4-11(6-12)10-2-1-3-18-8-10/h1-6,8H. The van der Waals surface area contributed by atoms with Crippen molar-refractivity contribution in [2.45, 2.75) is 6.36 Å². The van der Waals surface area contributed by atoms with E-state index in [1.807, 2.05) is 0 Å². The van der Waals surface area contributed by atoms with Crippen LogP contribution in [0.1, 0.15) is 5.56 Å². The largest absolute Gasteiger partial charge is 0.573 e. The molecule has 0 aliphatic carbocycles. The summed E-state index contributed by atoms with van der Waals surface area (Å²) in [6.07, 6.45) is -1.75. The summed E-state index contributed by atoms with van der Waals surface area (Å²) >= 11 is 0. The zero-order valence-corrected chi connectivity index (χ0v) is 9.48. The first kappa shape index (κ1) is 12.9. The van der Waals surface area contributed by atoms with Gasteiger partial charge in [0.2, 0.25) is 0 Å². The van der Waals surface area contributed by atoms with Crippen LogP contribution in [0.4, 0.5) is 13.2 Å². The number of hydrogen-bond acceptors (Lipinski definition) is 3. The second-order valence-corrected chi connectivity index (χ2v) is 3.65. The zero-order valence-electron chi connectivity index (χ0n) is 9.48. The van der Waals surface area contributed by atoms with E-state index in [9.17, 15) is 13.2 Å². The quantitative estimate of drug-likeness (QED) is 0.833. The van der Waals surface area contributed by atoms with E-state index in [-0.39, 0.29) is 5.56 Å². The highest BCUT2D eigenvalue weighted by Crippen LogP contribution is 2.29. The molecule has 0 unspecified atom stereocenters. The fourth-order valence-electron chi connectivity index (χ4n) is 1.56. The van der Waals surface area contributed by atoms with Crippen molar-refractivity contribution >= 4 is 0 Å². The minimum atomic E-state index is -4.79. The minimum absolute atomic E-state index is 0.0839. The molecule has 0 saturated carbocycles. The second-order valence-electron chi connectivity index (χ2n) is 3.65. The van der Waals surface area contributed by atoms with Gasteiger partial charge in [0.1, 0.15) is 5.75 Å². The molecule has 0 bridgehead atoms. The average molecular weight is 264 g/mol. The summed E-state index contributed by atoms with van der Waals surface area (Å²) in [7, 11) is 0. The third kappa shape index (κ3) is 3.45. The number of ether oxygens (including phenoxy) is 1. The molecule has 0 fully saturated rings. The maximum Gasteiger partial charge on any atom is 0.573 e. The lowest BCUT2D eigenvalue weighted by Crippen LogP contribution is -2.17. The highest BCUT2D eigenvalue weighted by Gasteiger charge is 2.31. The van der Waals surface area contributed by atoms with Crippen LogP contribution in [0, 0.1) is 11.3 Å². The Morgan fingerprint density at radius 3 is 2.53 bits per heavy atom. The van der Waals surface area contributed by atoms with Crippen molar-refractivity contribution in [1.29, 1.82) is 5.26 Å². The van der Waals surface area contributed by atoms with Gasteiger partial charge in [0, 0.05) is 18.0 Å². The van der Waals surface area contributed by atoms with Gasteiger partial charge in [-0.3, -0.25) is 4.98 Å². The summed E-state index contributed by atoms with van der Waals surface area (Å²) in [5, 5.41) is 8.83. The van der Waals surface area contributed by atoms with E-state index >= 15 is 0 Å². The van der Waals surface area contributed by atoms with E-state index < -0.39 is 12.1 Å². The molecule has 0 radical (unpaired) electrons. The Labute approximate surface area is 106 Å². The Kier molecular flexibility index (Phi) is 3.38. The Balaban J connectivity index is 2.46. The average Bonchev–Trinajstić information content (AvgIpc) is 2.37. The highest BCUT2D eigenvalue weighted by atomic mass is 19.4. The first-order valence-electron chi connectivity index (χ1n) is 5.19. The molecule has 0 aliphatic heterocycles. The number of nitrogens with zero attached hydrogens (tertiary/aromatic N) is 2. The molecular weight excluding hydrogens is 257 g/mol. The molecule has 2 rings (SSSR count). The van der Waals surface area contributed by atoms with Crippen molar-refractivity contribution in [2.75, 3.05) is 0 Å². The van der Waals surface area contributed by atoms with Crippen molar-refractivity contribution in [3.8, 4) is 22.9 Å². The molecule has 2 aromatic rings. The molecule has 0 N–H and O–H groups in total. The van der Waals surface area contributed by atoms with Crippen LogP contribution in [0.25, 0.3) is 11.1 Å². The maximum absolute atomic E-state index is 12.2. The van der Waals surface area contributed by atoms with Crippen LogP contribution in [-0.2, 0) is 0 Å². The van der Waals surface area contributed by atoms with E-state index in [4.69, 9.17) is 5.26 Å². The van der Waals surface area contributed by atoms with Crippen molar-refractivity contribution in [2.24, 2.45) is 0 Å². The number of benzene rings is 1. The molecule has 6 heteroatoms. The third-order valence-electron chi connectivity index (χ3n) is 2.26. The predicted molar refractivity (Wildman–Crippen MR) is 61.1 cm³/mol. The topological polar surface area (TPSA) is 45.9 Å². The number of halogens is 3. The third-order valence-corrected chi connectivity index (χ3v) is 2.26. The zero-order chi connectivity index (χ0) is 13.9. The fraction of sp³-hybridized carbons (Fsp3) is 0.0769. The lowest BCUT2D eigenvalue weighted by Gasteiger charge is -2.10. The summed E-state index contributed by atoms with van der Waals surface area (Å²) in [5.41, 5.74) is 1.12. The molecule has 0 spiro atoms. The lowest BCUT2D eigenvalue weighted by molar-refractivity contribution is -0.274. The van der Waals surface area contributed by atoms with Gasteiger partial charge in [-0.05, 0) is 29.8 Å². The molecule has 0 saturated heterocycles. The maximum atomic E-state index is 12.2. The first-order chi connectivity index (χ1) is 8.98. The summed E-state index contributed by atoms with van der Waals surface area (Å²) in [5.74, 6) is -0.426. The van der Waals surface area contributed by atoms with Crippen LogP contribution in [-0.4, -0.2) is 11.3 Å². The molecule has 19 heavy (non-hydrogen) atoms. The van der Waals surface area contributed by atoms with Gasteiger partial charge in [-0.1, -0.05) is 6.07 Å². The number of nitriles is 1. The summed E-state index contributed by atoms with van der Waals surface area (Å²) < 4.78 is 40.4. The van der Waals surface area contributed by atoms with E-state index in [2.05, 4.69) is 9.72 Å². The van der Waals surface area contributed by atoms with Crippen molar-refractivity contribution in [3.63, 3.8) is 0 Å². The molecule has 0 aliphatic rings. The molecule has 3 nitrogen and oxygen atoms in total. The number of hydrogen-bond donors (Lipinski definition) is 0. The van der Waals surface area contributed by atoms with E-state index in [1.165, 1.54) is 18.3 Å². The van der Waals surface area contributed by atoms with Gasteiger partial charge >= 0.3 is 6.36 Å². The first-order valence-corrected chi connectivity index (χ1v) is 5.19. The van der Waals surface area contributed by atoms with E-state index in [0.29, 0.717) is 11.1 Å². The number of alkyl halides is 3. The monoisotopic (exact) mass is 264 g/mol.